The molecule has 0 aliphatic rings. The van der Waals surface area contributed by atoms with Gasteiger partial charge in [-0.15, -0.1) is 0 Å². The quantitative estimate of drug-likeness (QED) is 0.396. The third kappa shape index (κ3) is 6.01. The molecular weight excluding hydrogens is 383 g/mol. The lowest BCUT2D eigenvalue weighted by atomic mass is 10.1. The molecule has 0 spiro atoms. The molecule has 0 radical (unpaired) electrons. The Bertz CT molecular complexity index is 902. The molecule has 0 fully saturated rings. The Balaban J connectivity index is 2.36. The summed E-state index contributed by atoms with van der Waals surface area (Å²) in [5, 5.41) is 15.3. The first-order valence-electron chi connectivity index (χ1n) is 8.83. The van der Waals surface area contributed by atoms with Crippen molar-refractivity contribution < 1.29 is 22.7 Å². The van der Waals surface area contributed by atoms with E-state index in [4.69, 9.17) is 4.74 Å². The zero-order valence-corrected chi connectivity index (χ0v) is 15.9. The highest BCUT2D eigenvalue weighted by atomic mass is 19.4. The standard InChI is InChI=1S/C21H20F3N3O2/c1-3-29-20(28)18(13-25)19(26-14(2)15-7-5-4-6-8-15)27-17-11-9-16(10-12-17)21(22,23)24/h4-12,14,26-27H,3H2,1-2H3/b19-18-/t14-/m1/s1. The van der Waals surface area contributed by atoms with Crippen molar-refractivity contribution in [1.82, 2.24) is 5.32 Å². The topological polar surface area (TPSA) is 74.2 Å². The number of hydrogen-bond donors (Lipinski definition) is 2. The summed E-state index contributed by atoms with van der Waals surface area (Å²) >= 11 is 0. The number of alkyl halides is 3. The van der Waals surface area contributed by atoms with Crippen molar-refractivity contribution in [2.45, 2.75) is 26.1 Å². The van der Waals surface area contributed by atoms with Gasteiger partial charge in [-0.05, 0) is 43.7 Å². The molecule has 29 heavy (non-hydrogen) atoms. The van der Waals surface area contributed by atoms with Gasteiger partial charge in [-0.2, -0.15) is 18.4 Å². The molecular formula is C21H20F3N3O2. The average molecular weight is 403 g/mol. The molecule has 152 valence electrons. The smallest absolute Gasteiger partial charge is 0.416 e. The van der Waals surface area contributed by atoms with Gasteiger partial charge in [0.25, 0.3) is 0 Å². The molecule has 0 saturated heterocycles. The van der Waals surface area contributed by atoms with Crippen LogP contribution in [0.15, 0.2) is 66.0 Å². The summed E-state index contributed by atoms with van der Waals surface area (Å²) in [5.41, 5.74) is 0.0535. The Hall–Kier alpha value is -3.47. The normalized spacial score (nSPS) is 13.0. The largest absolute Gasteiger partial charge is 0.462 e. The van der Waals surface area contributed by atoms with Crippen LogP contribution in [0.2, 0.25) is 0 Å². The predicted molar refractivity (Wildman–Crippen MR) is 102 cm³/mol. The zero-order chi connectivity index (χ0) is 21.4. The Kier molecular flexibility index (Phi) is 7.26. The highest BCUT2D eigenvalue weighted by molar-refractivity contribution is 5.94. The number of carbonyl (C=O) groups is 1. The fraction of sp³-hybridized carbons (Fsp3) is 0.238. The molecule has 2 rings (SSSR count). The summed E-state index contributed by atoms with van der Waals surface area (Å²) < 4.78 is 43.2. The third-order valence-corrected chi connectivity index (χ3v) is 3.98. The molecule has 0 bridgehead atoms. The number of ether oxygens (including phenoxy) is 1. The number of nitriles is 1. The molecule has 0 aromatic heterocycles. The number of hydrogen-bond acceptors (Lipinski definition) is 5. The van der Waals surface area contributed by atoms with Gasteiger partial charge in [-0.1, -0.05) is 30.3 Å². The summed E-state index contributed by atoms with van der Waals surface area (Å²) in [7, 11) is 0. The van der Waals surface area contributed by atoms with E-state index < -0.39 is 17.7 Å². The molecule has 0 amide bonds. The number of anilines is 1. The molecule has 0 unspecified atom stereocenters. The van der Waals surface area contributed by atoms with Crippen LogP contribution >= 0.6 is 0 Å². The van der Waals surface area contributed by atoms with E-state index in [0.717, 1.165) is 17.7 Å². The molecule has 0 aliphatic carbocycles. The lowest BCUT2D eigenvalue weighted by molar-refractivity contribution is -0.138. The van der Waals surface area contributed by atoms with Gasteiger partial charge in [0, 0.05) is 11.7 Å². The van der Waals surface area contributed by atoms with Crippen LogP contribution in [-0.4, -0.2) is 12.6 Å². The Morgan fingerprint density at radius 2 is 1.76 bits per heavy atom. The van der Waals surface area contributed by atoms with Crippen LogP contribution in [0.25, 0.3) is 0 Å². The molecule has 8 heteroatoms. The molecule has 2 aromatic carbocycles. The molecule has 0 heterocycles. The number of esters is 1. The van der Waals surface area contributed by atoms with Gasteiger partial charge in [-0.3, -0.25) is 0 Å². The van der Waals surface area contributed by atoms with Gasteiger partial charge >= 0.3 is 12.1 Å². The highest BCUT2D eigenvalue weighted by Crippen LogP contribution is 2.30. The van der Waals surface area contributed by atoms with E-state index in [1.165, 1.54) is 12.1 Å². The van der Waals surface area contributed by atoms with Gasteiger partial charge in [0.15, 0.2) is 5.57 Å². The second-order valence-corrected chi connectivity index (χ2v) is 6.06. The number of halogens is 3. The van der Waals surface area contributed by atoms with Gasteiger partial charge in [0.2, 0.25) is 0 Å². The predicted octanol–water partition coefficient (Wildman–Crippen LogP) is 4.77. The third-order valence-electron chi connectivity index (χ3n) is 3.98. The van der Waals surface area contributed by atoms with Crippen molar-refractivity contribution in [2.75, 3.05) is 11.9 Å². The van der Waals surface area contributed by atoms with E-state index in [1.54, 1.807) is 13.0 Å². The van der Waals surface area contributed by atoms with Crippen LogP contribution in [0.5, 0.6) is 0 Å². The first-order chi connectivity index (χ1) is 13.8. The van der Waals surface area contributed by atoms with E-state index in [1.807, 2.05) is 37.3 Å². The van der Waals surface area contributed by atoms with Crippen molar-refractivity contribution in [3.8, 4) is 6.07 Å². The van der Waals surface area contributed by atoms with Crippen molar-refractivity contribution >= 4 is 11.7 Å². The Morgan fingerprint density at radius 3 is 2.28 bits per heavy atom. The van der Waals surface area contributed by atoms with E-state index in [2.05, 4.69) is 10.6 Å². The molecule has 0 saturated carbocycles. The minimum Gasteiger partial charge on any atom is -0.462 e. The van der Waals surface area contributed by atoms with Gasteiger partial charge in [0.1, 0.15) is 11.9 Å². The summed E-state index contributed by atoms with van der Waals surface area (Å²) in [6.45, 7) is 3.51. The maximum Gasteiger partial charge on any atom is 0.416 e. The minimum atomic E-state index is -4.46. The highest BCUT2D eigenvalue weighted by Gasteiger charge is 2.30. The van der Waals surface area contributed by atoms with E-state index >= 15 is 0 Å². The summed E-state index contributed by atoms with van der Waals surface area (Å²) in [4.78, 5) is 12.2. The second kappa shape index (κ2) is 9.64. The van der Waals surface area contributed by atoms with Crippen molar-refractivity contribution in [2.24, 2.45) is 0 Å². The van der Waals surface area contributed by atoms with Gasteiger partial charge < -0.3 is 15.4 Å². The van der Waals surface area contributed by atoms with Gasteiger partial charge in [0.05, 0.1) is 12.2 Å². The first kappa shape index (κ1) is 21.8. The van der Waals surface area contributed by atoms with E-state index in [-0.39, 0.29) is 29.7 Å². The Labute approximate surface area is 166 Å². The van der Waals surface area contributed by atoms with Crippen LogP contribution in [0.1, 0.15) is 31.0 Å². The number of nitrogens with zero attached hydrogens (tertiary/aromatic N) is 1. The fourth-order valence-electron chi connectivity index (χ4n) is 2.51. The minimum absolute atomic E-state index is 0.0436. The molecule has 2 N–H and O–H groups in total. The van der Waals surface area contributed by atoms with Gasteiger partial charge in [-0.25, -0.2) is 4.79 Å². The monoisotopic (exact) mass is 403 g/mol. The SMILES string of the molecule is CCOC(=O)/C(C#N)=C(\Nc1ccc(C(F)(F)F)cc1)N[C@H](C)c1ccccc1. The lowest BCUT2D eigenvalue weighted by Gasteiger charge is -2.21. The summed E-state index contributed by atoms with van der Waals surface area (Å²) in [5.74, 6) is -0.792. The first-order valence-corrected chi connectivity index (χ1v) is 8.83. The fourth-order valence-corrected chi connectivity index (χ4v) is 2.51. The average Bonchev–Trinajstić information content (AvgIpc) is 2.69. The van der Waals surface area contributed by atoms with Crippen molar-refractivity contribution in [1.29, 1.82) is 5.26 Å². The van der Waals surface area contributed by atoms with E-state index in [0.29, 0.717) is 0 Å². The van der Waals surface area contributed by atoms with Crippen LogP contribution < -0.4 is 10.6 Å². The van der Waals surface area contributed by atoms with Crippen molar-refractivity contribution in [3.63, 3.8) is 0 Å². The van der Waals surface area contributed by atoms with Crippen molar-refractivity contribution in [3.05, 3.63) is 77.1 Å². The summed E-state index contributed by atoms with van der Waals surface area (Å²) in [6.07, 6.45) is -4.46. The van der Waals surface area contributed by atoms with Crippen LogP contribution in [0.3, 0.4) is 0 Å². The molecule has 1 atom stereocenters. The number of carbonyl (C=O) groups excluding carboxylic acids is 1. The maximum atomic E-state index is 12.8. The van der Waals surface area contributed by atoms with Crippen LogP contribution in [-0.2, 0) is 15.7 Å². The number of benzene rings is 2. The molecule has 2 aromatic rings. The summed E-state index contributed by atoms with van der Waals surface area (Å²) in [6, 6.07) is 15.0. The zero-order valence-electron chi connectivity index (χ0n) is 15.9. The van der Waals surface area contributed by atoms with E-state index in [9.17, 15) is 23.2 Å². The van der Waals surface area contributed by atoms with Crippen LogP contribution in [0.4, 0.5) is 18.9 Å². The number of rotatable bonds is 7. The maximum absolute atomic E-state index is 12.8. The molecule has 5 nitrogen and oxygen atoms in total. The lowest BCUT2D eigenvalue weighted by Crippen LogP contribution is -2.27. The molecule has 0 aliphatic heterocycles. The Morgan fingerprint density at radius 1 is 1.14 bits per heavy atom. The second-order valence-electron chi connectivity index (χ2n) is 6.06. The number of nitrogens with one attached hydrogen (secondary N) is 2. The van der Waals surface area contributed by atoms with Crippen LogP contribution in [0, 0.1) is 11.3 Å².